The highest BCUT2D eigenvalue weighted by Crippen LogP contribution is 2.39. The maximum absolute atomic E-state index is 12.6. The van der Waals surface area contributed by atoms with Crippen molar-refractivity contribution in [1.29, 1.82) is 0 Å². The topological polar surface area (TPSA) is 47.4 Å². The zero-order valence-electron chi connectivity index (χ0n) is 15.5. The van der Waals surface area contributed by atoms with Gasteiger partial charge < -0.3 is 14.2 Å². The van der Waals surface area contributed by atoms with Gasteiger partial charge in [0, 0.05) is 56.6 Å². The summed E-state index contributed by atoms with van der Waals surface area (Å²) < 4.78 is 7.83. The van der Waals surface area contributed by atoms with E-state index in [1.54, 1.807) is 0 Å². The molecule has 3 aliphatic rings. The number of imidazole rings is 1. The third kappa shape index (κ3) is 3.91. The van der Waals surface area contributed by atoms with Crippen molar-refractivity contribution in [1.82, 2.24) is 14.5 Å². The van der Waals surface area contributed by atoms with Gasteiger partial charge in [0.1, 0.15) is 5.82 Å². The molecular weight excluding hydrogens is 314 g/mol. The Bertz CT molecular complexity index is 594. The first kappa shape index (κ1) is 17.1. The third-order valence-electron chi connectivity index (χ3n) is 6.29. The number of carbonyl (C=O) groups is 1. The van der Waals surface area contributed by atoms with Gasteiger partial charge in [-0.3, -0.25) is 4.79 Å². The van der Waals surface area contributed by atoms with Crippen LogP contribution in [0.1, 0.15) is 62.4 Å². The molecule has 138 valence electrons. The van der Waals surface area contributed by atoms with E-state index in [4.69, 9.17) is 4.74 Å². The van der Waals surface area contributed by atoms with Gasteiger partial charge in [-0.1, -0.05) is 0 Å². The largest absolute Gasteiger partial charge is 0.381 e. The molecule has 3 fully saturated rings. The lowest BCUT2D eigenvalue weighted by molar-refractivity contribution is -0.140. The minimum absolute atomic E-state index is 0.208. The molecule has 0 spiro atoms. The fourth-order valence-corrected chi connectivity index (χ4v) is 4.39. The number of rotatable bonds is 5. The van der Waals surface area contributed by atoms with E-state index < -0.39 is 0 Å². The van der Waals surface area contributed by atoms with Gasteiger partial charge in [0.2, 0.25) is 5.91 Å². The molecular formula is C20H31N3O2. The average molecular weight is 345 g/mol. The first-order valence-electron chi connectivity index (χ1n) is 10.1. The van der Waals surface area contributed by atoms with E-state index in [-0.39, 0.29) is 5.92 Å². The molecule has 1 aromatic heterocycles. The van der Waals surface area contributed by atoms with Crippen molar-refractivity contribution in [2.75, 3.05) is 26.3 Å². The minimum atomic E-state index is 0.208. The van der Waals surface area contributed by atoms with Crippen molar-refractivity contribution in [2.45, 2.75) is 64.3 Å². The molecule has 0 N–H and O–H groups in total. The number of piperidine rings is 1. The second-order valence-electron chi connectivity index (χ2n) is 8.13. The maximum atomic E-state index is 12.6. The molecule has 1 aliphatic carbocycles. The highest BCUT2D eigenvalue weighted by Gasteiger charge is 2.31. The van der Waals surface area contributed by atoms with E-state index in [0.717, 1.165) is 64.4 Å². The lowest BCUT2D eigenvalue weighted by Gasteiger charge is -2.35. The molecule has 1 amide bonds. The predicted molar refractivity (Wildman–Crippen MR) is 96.4 cm³/mol. The summed E-state index contributed by atoms with van der Waals surface area (Å²) in [7, 11) is 0. The lowest BCUT2D eigenvalue weighted by atomic mass is 9.91. The van der Waals surface area contributed by atoms with Crippen LogP contribution in [0.5, 0.6) is 0 Å². The summed E-state index contributed by atoms with van der Waals surface area (Å²) in [6.45, 7) is 6.66. The van der Waals surface area contributed by atoms with Crippen LogP contribution in [0.4, 0.5) is 0 Å². The Balaban J connectivity index is 1.25. The monoisotopic (exact) mass is 345 g/mol. The van der Waals surface area contributed by atoms with Crippen molar-refractivity contribution >= 4 is 5.91 Å². The summed E-state index contributed by atoms with van der Waals surface area (Å²) in [5.74, 6) is 3.35. The van der Waals surface area contributed by atoms with Gasteiger partial charge in [0.25, 0.3) is 0 Å². The molecule has 25 heavy (non-hydrogen) atoms. The summed E-state index contributed by atoms with van der Waals surface area (Å²) in [5.41, 5.74) is 1.30. The molecule has 3 heterocycles. The second kappa shape index (κ2) is 7.48. The number of ether oxygens (including phenoxy) is 1. The normalized spacial score (nSPS) is 23.2. The fraction of sp³-hybridized carbons (Fsp3) is 0.800. The Morgan fingerprint density at radius 1 is 1.16 bits per heavy atom. The number of amides is 1. The molecule has 0 radical (unpaired) electrons. The molecule has 2 saturated heterocycles. The van der Waals surface area contributed by atoms with Crippen LogP contribution in [-0.4, -0.2) is 46.7 Å². The molecule has 4 rings (SSSR count). The van der Waals surface area contributed by atoms with Gasteiger partial charge in [0.05, 0.1) is 0 Å². The van der Waals surface area contributed by atoms with Crippen LogP contribution in [0.3, 0.4) is 0 Å². The van der Waals surface area contributed by atoms with Crippen LogP contribution in [0.2, 0.25) is 0 Å². The van der Waals surface area contributed by atoms with Crippen molar-refractivity contribution < 1.29 is 9.53 Å². The van der Waals surface area contributed by atoms with Crippen LogP contribution >= 0.6 is 0 Å². The molecule has 1 aromatic rings. The maximum Gasteiger partial charge on any atom is 0.225 e. The van der Waals surface area contributed by atoms with E-state index in [1.807, 2.05) is 6.20 Å². The van der Waals surface area contributed by atoms with Gasteiger partial charge in [-0.25, -0.2) is 4.98 Å². The fourth-order valence-electron chi connectivity index (χ4n) is 4.39. The minimum Gasteiger partial charge on any atom is -0.381 e. The van der Waals surface area contributed by atoms with Crippen LogP contribution in [0.15, 0.2) is 6.20 Å². The summed E-state index contributed by atoms with van der Waals surface area (Å²) in [5, 5.41) is 0. The molecule has 0 aromatic carbocycles. The highest BCUT2D eigenvalue weighted by molar-refractivity contribution is 5.79. The van der Waals surface area contributed by atoms with Gasteiger partial charge in [0.15, 0.2) is 0 Å². The Morgan fingerprint density at radius 2 is 1.88 bits per heavy atom. The van der Waals surface area contributed by atoms with E-state index in [0.29, 0.717) is 11.8 Å². The zero-order chi connectivity index (χ0) is 17.2. The summed E-state index contributed by atoms with van der Waals surface area (Å²) in [6, 6.07) is 0. The lowest BCUT2D eigenvalue weighted by Crippen LogP contribution is -2.43. The molecule has 0 atom stereocenters. The molecule has 1 saturated carbocycles. The van der Waals surface area contributed by atoms with Crippen LogP contribution in [0.25, 0.3) is 0 Å². The average Bonchev–Trinajstić information content (AvgIpc) is 3.44. The summed E-state index contributed by atoms with van der Waals surface area (Å²) in [6.07, 6.45) is 9.99. The number of likely N-dealkylation sites (tertiary alicyclic amines) is 1. The number of hydrogen-bond acceptors (Lipinski definition) is 3. The Hall–Kier alpha value is -1.36. The molecule has 0 bridgehead atoms. The van der Waals surface area contributed by atoms with E-state index in [2.05, 4.69) is 21.4 Å². The van der Waals surface area contributed by atoms with Crippen molar-refractivity contribution in [3.05, 3.63) is 17.7 Å². The first-order valence-corrected chi connectivity index (χ1v) is 10.1. The smallest absolute Gasteiger partial charge is 0.225 e. The quantitative estimate of drug-likeness (QED) is 0.824. The molecule has 0 unspecified atom stereocenters. The van der Waals surface area contributed by atoms with Crippen molar-refractivity contribution in [2.24, 2.45) is 11.8 Å². The van der Waals surface area contributed by atoms with Crippen LogP contribution < -0.4 is 0 Å². The predicted octanol–water partition coefficient (Wildman–Crippen LogP) is 3.12. The Kier molecular flexibility index (Phi) is 5.11. The van der Waals surface area contributed by atoms with Gasteiger partial charge >= 0.3 is 0 Å². The van der Waals surface area contributed by atoms with Crippen LogP contribution in [0, 0.1) is 18.8 Å². The summed E-state index contributed by atoms with van der Waals surface area (Å²) in [4.78, 5) is 19.4. The highest BCUT2D eigenvalue weighted by atomic mass is 16.5. The van der Waals surface area contributed by atoms with Crippen molar-refractivity contribution in [3.8, 4) is 0 Å². The zero-order valence-corrected chi connectivity index (χ0v) is 15.5. The number of carbonyl (C=O) groups excluding carboxylic acids is 1. The Labute approximate surface area is 150 Å². The van der Waals surface area contributed by atoms with Gasteiger partial charge in [-0.05, 0) is 57.8 Å². The first-order chi connectivity index (χ1) is 12.2. The molecule has 5 heteroatoms. The number of aryl methyl sites for hydroxylation is 1. The standard InChI is InChI=1S/C20H31N3O2/c1-15-14-21-19(17-2-3-17)23(15)11-6-16-4-9-22(10-5-16)20(24)18-7-12-25-13-8-18/h14,16-18H,2-13H2,1H3. The Morgan fingerprint density at radius 3 is 2.56 bits per heavy atom. The number of hydrogen-bond donors (Lipinski definition) is 0. The SMILES string of the molecule is Cc1cnc(C2CC2)n1CCC1CCN(C(=O)C2CCOCC2)CC1. The van der Waals surface area contributed by atoms with Gasteiger partial charge in [-0.2, -0.15) is 0 Å². The summed E-state index contributed by atoms with van der Waals surface area (Å²) >= 11 is 0. The van der Waals surface area contributed by atoms with E-state index >= 15 is 0 Å². The number of nitrogens with zero attached hydrogens (tertiary/aromatic N) is 3. The third-order valence-corrected chi connectivity index (χ3v) is 6.29. The molecule has 2 aliphatic heterocycles. The second-order valence-corrected chi connectivity index (χ2v) is 8.13. The number of aromatic nitrogens is 2. The van der Waals surface area contributed by atoms with Gasteiger partial charge in [-0.15, -0.1) is 0 Å². The van der Waals surface area contributed by atoms with E-state index in [1.165, 1.54) is 30.8 Å². The van der Waals surface area contributed by atoms with E-state index in [9.17, 15) is 4.79 Å². The van der Waals surface area contributed by atoms with Crippen LogP contribution in [-0.2, 0) is 16.1 Å². The molecule has 5 nitrogen and oxygen atoms in total. The van der Waals surface area contributed by atoms with Crippen molar-refractivity contribution in [3.63, 3.8) is 0 Å².